The summed E-state index contributed by atoms with van der Waals surface area (Å²) in [6.45, 7) is 4.86. The standard InChI is InChI=1S/C12H26N2O/c1-5-7-9-11(8-6-2)13-10-12(15)14(3)4/h11,13H,5-10H2,1-4H3. The monoisotopic (exact) mass is 214 g/mol. The summed E-state index contributed by atoms with van der Waals surface area (Å²) in [5.41, 5.74) is 0. The molecule has 90 valence electrons. The van der Waals surface area contributed by atoms with Gasteiger partial charge in [0.05, 0.1) is 6.54 Å². The number of unbranched alkanes of at least 4 members (excludes halogenated alkanes) is 1. The third kappa shape index (κ3) is 7.37. The summed E-state index contributed by atoms with van der Waals surface area (Å²) in [5.74, 6) is 0.160. The van der Waals surface area contributed by atoms with Crippen molar-refractivity contribution in [1.82, 2.24) is 10.2 Å². The molecule has 0 aromatic heterocycles. The first-order valence-electron chi connectivity index (χ1n) is 6.05. The van der Waals surface area contributed by atoms with Crippen LogP contribution in [0.25, 0.3) is 0 Å². The number of hydrogen-bond donors (Lipinski definition) is 1. The van der Waals surface area contributed by atoms with E-state index in [9.17, 15) is 4.79 Å². The highest BCUT2D eigenvalue weighted by molar-refractivity contribution is 5.77. The molecule has 0 heterocycles. The van der Waals surface area contributed by atoms with Gasteiger partial charge in [-0.3, -0.25) is 4.79 Å². The molecule has 0 spiro atoms. The number of carbonyl (C=O) groups is 1. The van der Waals surface area contributed by atoms with Gasteiger partial charge in [0.1, 0.15) is 0 Å². The average Bonchev–Trinajstić information content (AvgIpc) is 2.21. The van der Waals surface area contributed by atoms with Crippen LogP contribution < -0.4 is 5.32 Å². The Morgan fingerprint density at radius 2 is 1.87 bits per heavy atom. The first kappa shape index (κ1) is 14.4. The summed E-state index contributed by atoms with van der Waals surface area (Å²) < 4.78 is 0. The highest BCUT2D eigenvalue weighted by Crippen LogP contribution is 2.06. The van der Waals surface area contributed by atoms with Crippen LogP contribution >= 0.6 is 0 Å². The molecular weight excluding hydrogens is 188 g/mol. The van der Waals surface area contributed by atoms with E-state index >= 15 is 0 Å². The van der Waals surface area contributed by atoms with Crippen molar-refractivity contribution < 1.29 is 4.79 Å². The number of nitrogens with zero attached hydrogens (tertiary/aromatic N) is 1. The fourth-order valence-electron chi connectivity index (χ4n) is 1.54. The number of nitrogens with one attached hydrogen (secondary N) is 1. The van der Waals surface area contributed by atoms with Crippen LogP contribution in [-0.2, 0) is 4.79 Å². The second kappa shape index (κ2) is 8.72. The van der Waals surface area contributed by atoms with E-state index in [1.165, 1.54) is 32.1 Å². The van der Waals surface area contributed by atoms with Crippen LogP contribution in [0, 0.1) is 0 Å². The van der Waals surface area contributed by atoms with Crippen LogP contribution in [0.4, 0.5) is 0 Å². The fraction of sp³-hybridized carbons (Fsp3) is 0.917. The minimum absolute atomic E-state index is 0.160. The lowest BCUT2D eigenvalue weighted by atomic mass is 10.1. The number of hydrogen-bond acceptors (Lipinski definition) is 2. The Kier molecular flexibility index (Phi) is 8.38. The molecule has 0 radical (unpaired) electrons. The summed E-state index contributed by atoms with van der Waals surface area (Å²) in [5, 5.41) is 3.35. The third-order valence-corrected chi connectivity index (χ3v) is 2.58. The van der Waals surface area contributed by atoms with Crippen LogP contribution in [0.2, 0.25) is 0 Å². The van der Waals surface area contributed by atoms with Crippen molar-refractivity contribution in [3.8, 4) is 0 Å². The van der Waals surface area contributed by atoms with Crippen LogP contribution in [-0.4, -0.2) is 37.5 Å². The number of likely N-dealkylation sites (N-methyl/N-ethyl adjacent to an activating group) is 1. The second-order valence-electron chi connectivity index (χ2n) is 4.30. The predicted molar refractivity (Wildman–Crippen MR) is 64.9 cm³/mol. The fourth-order valence-corrected chi connectivity index (χ4v) is 1.54. The molecule has 1 atom stereocenters. The zero-order valence-corrected chi connectivity index (χ0v) is 10.7. The molecule has 3 heteroatoms. The molecule has 0 aromatic rings. The zero-order valence-electron chi connectivity index (χ0n) is 10.7. The molecule has 3 nitrogen and oxygen atoms in total. The number of amides is 1. The molecule has 0 aromatic carbocycles. The first-order chi connectivity index (χ1) is 7.11. The Bertz CT molecular complexity index is 169. The minimum Gasteiger partial charge on any atom is -0.348 e. The molecule has 0 fully saturated rings. The maximum absolute atomic E-state index is 11.4. The van der Waals surface area contributed by atoms with Gasteiger partial charge >= 0.3 is 0 Å². The van der Waals surface area contributed by atoms with Crippen molar-refractivity contribution in [1.29, 1.82) is 0 Å². The molecule has 0 saturated heterocycles. The van der Waals surface area contributed by atoms with Gasteiger partial charge in [-0.15, -0.1) is 0 Å². The topological polar surface area (TPSA) is 32.3 Å². The van der Waals surface area contributed by atoms with Crippen LogP contribution in [0.1, 0.15) is 46.0 Å². The maximum Gasteiger partial charge on any atom is 0.236 e. The van der Waals surface area contributed by atoms with Gasteiger partial charge in [-0.2, -0.15) is 0 Å². The van der Waals surface area contributed by atoms with Crippen LogP contribution in [0.5, 0.6) is 0 Å². The summed E-state index contributed by atoms with van der Waals surface area (Å²) in [7, 11) is 3.59. The quantitative estimate of drug-likeness (QED) is 0.670. The molecule has 15 heavy (non-hydrogen) atoms. The third-order valence-electron chi connectivity index (χ3n) is 2.58. The summed E-state index contributed by atoms with van der Waals surface area (Å²) in [4.78, 5) is 13.0. The lowest BCUT2D eigenvalue weighted by Gasteiger charge is -2.19. The van der Waals surface area contributed by atoms with E-state index in [4.69, 9.17) is 0 Å². The number of rotatable bonds is 8. The van der Waals surface area contributed by atoms with Gasteiger partial charge in [-0.05, 0) is 12.8 Å². The Balaban J connectivity index is 3.78. The molecule has 0 aliphatic rings. The van der Waals surface area contributed by atoms with Crippen molar-refractivity contribution in [2.24, 2.45) is 0 Å². The van der Waals surface area contributed by atoms with Gasteiger partial charge < -0.3 is 10.2 Å². The Morgan fingerprint density at radius 3 is 2.33 bits per heavy atom. The Hall–Kier alpha value is -0.570. The lowest BCUT2D eigenvalue weighted by Crippen LogP contribution is -2.38. The largest absolute Gasteiger partial charge is 0.348 e. The van der Waals surface area contributed by atoms with Crippen LogP contribution in [0.3, 0.4) is 0 Å². The first-order valence-corrected chi connectivity index (χ1v) is 6.05. The normalized spacial score (nSPS) is 12.5. The van der Waals surface area contributed by atoms with E-state index in [-0.39, 0.29) is 5.91 Å². The van der Waals surface area contributed by atoms with Gasteiger partial charge in [0.2, 0.25) is 5.91 Å². The van der Waals surface area contributed by atoms with Crippen molar-refractivity contribution in [2.45, 2.75) is 52.0 Å². The highest BCUT2D eigenvalue weighted by Gasteiger charge is 2.09. The molecule has 1 unspecified atom stereocenters. The van der Waals surface area contributed by atoms with Crippen molar-refractivity contribution in [2.75, 3.05) is 20.6 Å². The summed E-state index contributed by atoms with van der Waals surface area (Å²) >= 11 is 0. The smallest absolute Gasteiger partial charge is 0.236 e. The molecular formula is C12H26N2O. The van der Waals surface area contributed by atoms with E-state index in [1.54, 1.807) is 19.0 Å². The van der Waals surface area contributed by atoms with Gasteiger partial charge in [0, 0.05) is 20.1 Å². The second-order valence-corrected chi connectivity index (χ2v) is 4.30. The highest BCUT2D eigenvalue weighted by atomic mass is 16.2. The molecule has 0 aliphatic heterocycles. The van der Waals surface area contributed by atoms with E-state index < -0.39 is 0 Å². The minimum atomic E-state index is 0.160. The maximum atomic E-state index is 11.4. The van der Waals surface area contributed by atoms with Gasteiger partial charge in [0.15, 0.2) is 0 Å². The van der Waals surface area contributed by atoms with E-state index in [2.05, 4.69) is 19.2 Å². The van der Waals surface area contributed by atoms with E-state index in [0.717, 1.165) is 0 Å². The summed E-state index contributed by atoms with van der Waals surface area (Å²) in [6, 6.07) is 0.513. The Labute approximate surface area is 94.2 Å². The van der Waals surface area contributed by atoms with Crippen LogP contribution in [0.15, 0.2) is 0 Å². The van der Waals surface area contributed by atoms with Gasteiger partial charge in [-0.25, -0.2) is 0 Å². The van der Waals surface area contributed by atoms with Crippen molar-refractivity contribution in [3.05, 3.63) is 0 Å². The molecule has 1 amide bonds. The molecule has 0 bridgehead atoms. The zero-order chi connectivity index (χ0) is 11.7. The summed E-state index contributed by atoms with van der Waals surface area (Å²) in [6.07, 6.45) is 6.00. The molecule has 1 N–H and O–H groups in total. The predicted octanol–water partition coefficient (Wildman–Crippen LogP) is 2.02. The average molecular weight is 214 g/mol. The van der Waals surface area contributed by atoms with E-state index in [0.29, 0.717) is 12.6 Å². The van der Waals surface area contributed by atoms with Crippen molar-refractivity contribution in [3.63, 3.8) is 0 Å². The number of carbonyl (C=O) groups excluding carboxylic acids is 1. The SMILES string of the molecule is CCCCC(CCC)NCC(=O)N(C)C. The molecule has 0 aliphatic carbocycles. The lowest BCUT2D eigenvalue weighted by molar-refractivity contribution is -0.127. The van der Waals surface area contributed by atoms with Crippen molar-refractivity contribution >= 4 is 5.91 Å². The van der Waals surface area contributed by atoms with E-state index in [1.807, 2.05) is 0 Å². The molecule has 0 saturated carbocycles. The Morgan fingerprint density at radius 1 is 1.20 bits per heavy atom. The van der Waals surface area contributed by atoms with Gasteiger partial charge in [0.25, 0.3) is 0 Å². The molecule has 0 rings (SSSR count). The van der Waals surface area contributed by atoms with Gasteiger partial charge in [-0.1, -0.05) is 33.1 Å².